The van der Waals surface area contributed by atoms with E-state index in [2.05, 4.69) is 10.3 Å². The molecule has 0 aromatic carbocycles. The highest BCUT2D eigenvalue weighted by Gasteiger charge is 1.88. The number of aliphatic imine (C=N–C) groups is 1. The van der Waals surface area contributed by atoms with Gasteiger partial charge in [0.25, 0.3) is 0 Å². The summed E-state index contributed by atoms with van der Waals surface area (Å²) in [6, 6.07) is 0. The topological polar surface area (TPSA) is 74.3 Å². The molecule has 0 bridgehead atoms. The van der Waals surface area contributed by atoms with Crippen molar-refractivity contribution in [3.8, 4) is 0 Å². The first-order valence-corrected chi connectivity index (χ1v) is 2.69. The highest BCUT2D eigenvalue weighted by molar-refractivity contribution is 5.94. The maximum Gasteiger partial charge on any atom is 0.136 e. The summed E-state index contributed by atoms with van der Waals surface area (Å²) in [6.45, 7) is 2.12. The van der Waals surface area contributed by atoms with Crippen molar-refractivity contribution in [1.29, 1.82) is 5.41 Å². The van der Waals surface area contributed by atoms with Crippen LogP contribution in [0.1, 0.15) is 6.92 Å². The summed E-state index contributed by atoms with van der Waals surface area (Å²) in [5.74, 6) is 0.688. The van der Waals surface area contributed by atoms with E-state index in [-0.39, 0.29) is 5.84 Å². The molecule has 9 heavy (non-hydrogen) atoms. The lowest BCUT2D eigenvalue weighted by molar-refractivity contribution is 0.934. The SMILES string of the molecule is CNCC(=N)N=C(C)N. The second-order valence-electron chi connectivity index (χ2n) is 1.73. The van der Waals surface area contributed by atoms with E-state index < -0.39 is 0 Å². The smallest absolute Gasteiger partial charge is 0.136 e. The zero-order valence-electron chi connectivity index (χ0n) is 5.73. The first-order valence-electron chi connectivity index (χ1n) is 2.69. The minimum Gasteiger partial charge on any atom is -0.387 e. The maximum atomic E-state index is 7.09. The zero-order valence-corrected chi connectivity index (χ0v) is 5.73. The van der Waals surface area contributed by atoms with Crippen LogP contribution in [0.15, 0.2) is 4.99 Å². The van der Waals surface area contributed by atoms with Gasteiger partial charge in [-0.25, -0.2) is 4.99 Å². The van der Waals surface area contributed by atoms with Crippen LogP contribution in [0.5, 0.6) is 0 Å². The molecular formula is C5H12N4. The van der Waals surface area contributed by atoms with Crippen molar-refractivity contribution in [2.45, 2.75) is 6.92 Å². The molecule has 0 atom stereocenters. The lowest BCUT2D eigenvalue weighted by atomic mass is 10.5. The number of nitrogens with zero attached hydrogens (tertiary/aromatic N) is 1. The van der Waals surface area contributed by atoms with Crippen LogP contribution in [0.2, 0.25) is 0 Å². The third-order valence-corrected chi connectivity index (χ3v) is 0.656. The van der Waals surface area contributed by atoms with Crippen LogP contribution >= 0.6 is 0 Å². The minimum atomic E-state index is 0.262. The van der Waals surface area contributed by atoms with Crippen molar-refractivity contribution >= 4 is 11.7 Å². The molecule has 0 spiro atoms. The van der Waals surface area contributed by atoms with Gasteiger partial charge in [0.05, 0.1) is 12.4 Å². The van der Waals surface area contributed by atoms with Crippen molar-refractivity contribution in [2.24, 2.45) is 10.7 Å². The van der Waals surface area contributed by atoms with Gasteiger partial charge in [-0.3, -0.25) is 5.41 Å². The van der Waals surface area contributed by atoms with E-state index in [1.54, 1.807) is 14.0 Å². The lowest BCUT2D eigenvalue weighted by Crippen LogP contribution is -2.18. The Balaban J connectivity index is 3.63. The van der Waals surface area contributed by atoms with E-state index in [9.17, 15) is 0 Å². The van der Waals surface area contributed by atoms with Gasteiger partial charge in [0.2, 0.25) is 0 Å². The molecule has 0 radical (unpaired) electrons. The number of rotatable bonds is 2. The van der Waals surface area contributed by atoms with Crippen molar-refractivity contribution in [2.75, 3.05) is 13.6 Å². The average molecular weight is 128 g/mol. The minimum absolute atomic E-state index is 0.262. The summed E-state index contributed by atoms with van der Waals surface area (Å²) in [6.07, 6.45) is 0. The fourth-order valence-corrected chi connectivity index (χ4v) is 0.420. The molecule has 4 heteroatoms. The van der Waals surface area contributed by atoms with E-state index in [0.29, 0.717) is 12.4 Å². The molecule has 0 aliphatic heterocycles. The molecule has 0 aromatic rings. The summed E-state index contributed by atoms with van der Waals surface area (Å²) in [5.41, 5.74) is 5.20. The summed E-state index contributed by atoms with van der Waals surface area (Å²) < 4.78 is 0. The quantitative estimate of drug-likeness (QED) is 0.348. The van der Waals surface area contributed by atoms with Gasteiger partial charge in [0, 0.05) is 0 Å². The molecule has 0 aliphatic carbocycles. The molecule has 4 N–H and O–H groups in total. The summed E-state index contributed by atoms with van der Waals surface area (Å²) in [7, 11) is 1.76. The molecule has 0 heterocycles. The second kappa shape index (κ2) is 4.03. The Morgan fingerprint density at radius 2 is 2.33 bits per heavy atom. The van der Waals surface area contributed by atoms with Crippen molar-refractivity contribution in [1.82, 2.24) is 5.32 Å². The molecule has 0 unspecified atom stereocenters. The predicted octanol–water partition coefficient (Wildman–Crippen LogP) is -0.440. The molecule has 52 valence electrons. The summed E-state index contributed by atoms with van der Waals surface area (Å²) in [5, 5.41) is 9.87. The van der Waals surface area contributed by atoms with Crippen molar-refractivity contribution in [3.05, 3.63) is 0 Å². The van der Waals surface area contributed by atoms with E-state index >= 15 is 0 Å². The van der Waals surface area contributed by atoms with Crippen LogP contribution in [0.25, 0.3) is 0 Å². The highest BCUT2D eigenvalue weighted by Crippen LogP contribution is 1.72. The van der Waals surface area contributed by atoms with E-state index in [1.165, 1.54) is 0 Å². The van der Waals surface area contributed by atoms with Gasteiger partial charge >= 0.3 is 0 Å². The largest absolute Gasteiger partial charge is 0.387 e. The van der Waals surface area contributed by atoms with Crippen LogP contribution in [0.4, 0.5) is 0 Å². The van der Waals surface area contributed by atoms with Crippen LogP contribution < -0.4 is 11.1 Å². The average Bonchev–Trinajstić information content (AvgIpc) is 1.63. The molecule has 4 nitrogen and oxygen atoms in total. The maximum absolute atomic E-state index is 7.09. The predicted molar refractivity (Wildman–Crippen MR) is 38.9 cm³/mol. The highest BCUT2D eigenvalue weighted by atomic mass is 15.0. The molecule has 0 saturated heterocycles. The molecule has 0 fully saturated rings. The van der Waals surface area contributed by atoms with Gasteiger partial charge < -0.3 is 11.1 Å². The van der Waals surface area contributed by atoms with Gasteiger partial charge in [0.1, 0.15) is 5.84 Å². The monoisotopic (exact) mass is 128 g/mol. The Morgan fingerprint density at radius 3 is 2.67 bits per heavy atom. The van der Waals surface area contributed by atoms with Gasteiger partial charge in [-0.05, 0) is 14.0 Å². The zero-order chi connectivity index (χ0) is 7.28. The lowest BCUT2D eigenvalue weighted by Gasteiger charge is -1.94. The van der Waals surface area contributed by atoms with E-state index in [4.69, 9.17) is 11.1 Å². The van der Waals surface area contributed by atoms with Crippen LogP contribution in [-0.2, 0) is 0 Å². The third-order valence-electron chi connectivity index (χ3n) is 0.656. The van der Waals surface area contributed by atoms with Gasteiger partial charge in [-0.15, -0.1) is 0 Å². The van der Waals surface area contributed by atoms with Crippen molar-refractivity contribution in [3.63, 3.8) is 0 Å². The molecular weight excluding hydrogens is 116 g/mol. The van der Waals surface area contributed by atoms with Gasteiger partial charge in [-0.2, -0.15) is 0 Å². The van der Waals surface area contributed by atoms with Gasteiger partial charge in [-0.1, -0.05) is 0 Å². The van der Waals surface area contributed by atoms with Crippen LogP contribution in [0.3, 0.4) is 0 Å². The normalized spacial score (nSPS) is 11.6. The Labute approximate surface area is 54.7 Å². The Hall–Kier alpha value is -0.900. The molecule has 0 aromatic heterocycles. The number of likely N-dealkylation sites (N-methyl/N-ethyl adjacent to an activating group) is 1. The summed E-state index contributed by atoms with van der Waals surface area (Å²) >= 11 is 0. The Kier molecular flexibility index (Phi) is 3.62. The molecule has 0 amide bonds. The number of hydrogen-bond acceptors (Lipinski definition) is 2. The standard InChI is InChI=1S/C5H12N4/c1-4(6)9-5(7)3-8-2/h8H,3H2,1-2H3,(H3,6,7,9). The molecule has 0 aliphatic rings. The fraction of sp³-hybridized carbons (Fsp3) is 0.600. The first-order chi connectivity index (χ1) is 4.16. The van der Waals surface area contributed by atoms with E-state index in [0.717, 1.165) is 0 Å². The Morgan fingerprint density at radius 1 is 1.78 bits per heavy atom. The van der Waals surface area contributed by atoms with Crippen molar-refractivity contribution < 1.29 is 0 Å². The number of nitrogens with one attached hydrogen (secondary N) is 2. The number of hydrogen-bond donors (Lipinski definition) is 3. The number of nitrogens with two attached hydrogens (primary N) is 1. The Bertz CT molecular complexity index is 123. The third kappa shape index (κ3) is 4.96. The second-order valence-corrected chi connectivity index (χ2v) is 1.73. The fourth-order valence-electron chi connectivity index (χ4n) is 0.420. The van der Waals surface area contributed by atoms with Crippen LogP contribution in [-0.4, -0.2) is 25.3 Å². The summed E-state index contributed by atoms with van der Waals surface area (Å²) in [4.78, 5) is 3.68. The van der Waals surface area contributed by atoms with Crippen LogP contribution in [0, 0.1) is 5.41 Å². The molecule has 0 saturated carbocycles. The number of amidine groups is 2. The van der Waals surface area contributed by atoms with Gasteiger partial charge in [0.15, 0.2) is 0 Å². The molecule has 0 rings (SSSR count). The van der Waals surface area contributed by atoms with E-state index in [1.807, 2.05) is 0 Å². The first kappa shape index (κ1) is 8.10.